The monoisotopic (exact) mass is 419 g/mol. The smallest absolute Gasteiger partial charge is 0.255 e. The highest BCUT2D eigenvalue weighted by Crippen LogP contribution is 2.20. The second-order valence-corrected chi connectivity index (χ2v) is 7.08. The summed E-state index contributed by atoms with van der Waals surface area (Å²) in [6.07, 6.45) is 0. The van der Waals surface area contributed by atoms with Gasteiger partial charge < -0.3 is 5.32 Å². The first-order valence-electron chi connectivity index (χ1n) is 9.15. The number of carbonyl (C=O) groups is 1. The van der Waals surface area contributed by atoms with E-state index in [-0.39, 0.29) is 5.91 Å². The molecule has 2 heterocycles. The van der Waals surface area contributed by atoms with Gasteiger partial charge in [-0.15, -0.1) is 5.10 Å². The number of anilines is 3. The van der Waals surface area contributed by atoms with Gasteiger partial charge in [0.1, 0.15) is 0 Å². The van der Waals surface area contributed by atoms with Crippen LogP contribution in [0.15, 0.2) is 54.6 Å². The van der Waals surface area contributed by atoms with E-state index in [1.54, 1.807) is 36.4 Å². The first-order valence-corrected chi connectivity index (χ1v) is 9.53. The van der Waals surface area contributed by atoms with Crippen molar-refractivity contribution in [3.05, 3.63) is 76.6 Å². The molecule has 0 radical (unpaired) electrons. The zero-order chi connectivity index (χ0) is 21.1. The summed E-state index contributed by atoms with van der Waals surface area (Å²) in [6.45, 7) is 3.80. The summed E-state index contributed by atoms with van der Waals surface area (Å²) in [5, 5.41) is 13.5. The standard InChI is InChI=1S/C21H18ClN7O/c1-12-11-13(2)24-20(23-12)27-21-26-18(28-29-21)14-5-9-17(10-6-14)25-19(30)15-3-7-16(22)8-4-15/h3-11H,1-2H3,(H,25,30)(H2,23,24,26,27,28,29). The maximum atomic E-state index is 12.3. The third kappa shape index (κ3) is 4.61. The van der Waals surface area contributed by atoms with Crippen LogP contribution in [-0.2, 0) is 0 Å². The Bertz CT molecular complexity index is 1170. The van der Waals surface area contributed by atoms with E-state index < -0.39 is 0 Å². The zero-order valence-electron chi connectivity index (χ0n) is 16.3. The number of benzene rings is 2. The molecule has 0 spiro atoms. The van der Waals surface area contributed by atoms with Gasteiger partial charge in [0.15, 0.2) is 5.82 Å². The van der Waals surface area contributed by atoms with E-state index in [2.05, 4.69) is 35.8 Å². The molecule has 3 N–H and O–H groups in total. The van der Waals surface area contributed by atoms with E-state index in [1.165, 1.54) is 0 Å². The fraction of sp³-hybridized carbons (Fsp3) is 0.0952. The summed E-state index contributed by atoms with van der Waals surface area (Å²) < 4.78 is 0. The molecule has 0 aliphatic carbocycles. The lowest BCUT2D eigenvalue weighted by Gasteiger charge is -2.06. The van der Waals surface area contributed by atoms with Crippen LogP contribution in [0.2, 0.25) is 5.02 Å². The summed E-state index contributed by atoms with van der Waals surface area (Å²) in [6, 6.07) is 15.9. The van der Waals surface area contributed by atoms with Gasteiger partial charge in [0.2, 0.25) is 11.9 Å². The van der Waals surface area contributed by atoms with E-state index in [4.69, 9.17) is 11.6 Å². The van der Waals surface area contributed by atoms with E-state index >= 15 is 0 Å². The first-order chi connectivity index (χ1) is 14.5. The molecule has 0 aliphatic heterocycles. The number of carbonyl (C=O) groups excluding carboxylic acids is 1. The minimum absolute atomic E-state index is 0.209. The van der Waals surface area contributed by atoms with Gasteiger partial charge in [-0.3, -0.25) is 15.2 Å². The Kier molecular flexibility index (Phi) is 5.40. The summed E-state index contributed by atoms with van der Waals surface area (Å²) in [5.74, 6) is 1.19. The SMILES string of the molecule is Cc1cc(C)nc(Nc2n[nH]c(-c3ccc(NC(=O)c4ccc(Cl)cc4)cc3)n2)n1. The molecule has 2 aromatic heterocycles. The number of aryl methyl sites for hydroxylation is 2. The van der Waals surface area contributed by atoms with Gasteiger partial charge in [-0.2, -0.15) is 4.98 Å². The Hall–Kier alpha value is -3.78. The van der Waals surface area contributed by atoms with Crippen molar-refractivity contribution in [2.24, 2.45) is 0 Å². The molecule has 0 atom stereocenters. The van der Waals surface area contributed by atoms with E-state index in [1.807, 2.05) is 32.0 Å². The predicted molar refractivity (Wildman–Crippen MR) is 116 cm³/mol. The molecule has 150 valence electrons. The van der Waals surface area contributed by atoms with Gasteiger partial charge in [-0.05, 0) is 68.4 Å². The molecule has 2 aromatic carbocycles. The highest BCUT2D eigenvalue weighted by molar-refractivity contribution is 6.30. The van der Waals surface area contributed by atoms with Crippen LogP contribution in [0.25, 0.3) is 11.4 Å². The summed E-state index contributed by atoms with van der Waals surface area (Å²) in [4.78, 5) is 25.4. The molecular formula is C21H18ClN7O. The molecule has 4 rings (SSSR count). The number of aromatic amines is 1. The van der Waals surface area contributed by atoms with Gasteiger partial charge in [-0.1, -0.05) is 11.6 Å². The fourth-order valence-electron chi connectivity index (χ4n) is 2.84. The van der Waals surface area contributed by atoms with Crippen molar-refractivity contribution in [2.75, 3.05) is 10.6 Å². The van der Waals surface area contributed by atoms with Gasteiger partial charge >= 0.3 is 0 Å². The van der Waals surface area contributed by atoms with Crippen molar-refractivity contribution >= 4 is 35.1 Å². The minimum Gasteiger partial charge on any atom is -0.322 e. The summed E-state index contributed by atoms with van der Waals surface area (Å²) in [7, 11) is 0. The van der Waals surface area contributed by atoms with Crippen molar-refractivity contribution in [1.29, 1.82) is 0 Å². The molecular weight excluding hydrogens is 402 g/mol. The molecule has 8 nitrogen and oxygen atoms in total. The Morgan fingerprint density at radius 1 is 0.900 bits per heavy atom. The highest BCUT2D eigenvalue weighted by atomic mass is 35.5. The first kappa shape index (κ1) is 19.5. The number of H-pyrrole nitrogens is 1. The van der Waals surface area contributed by atoms with Crippen molar-refractivity contribution < 1.29 is 4.79 Å². The molecule has 0 unspecified atom stereocenters. The van der Waals surface area contributed by atoms with Crippen LogP contribution in [0.3, 0.4) is 0 Å². The van der Waals surface area contributed by atoms with Crippen LogP contribution < -0.4 is 10.6 Å². The lowest BCUT2D eigenvalue weighted by Crippen LogP contribution is -2.11. The quantitative estimate of drug-likeness (QED) is 0.438. The molecule has 0 fully saturated rings. The van der Waals surface area contributed by atoms with Gasteiger partial charge in [0.25, 0.3) is 5.91 Å². The number of halogens is 1. The third-order valence-electron chi connectivity index (χ3n) is 4.21. The maximum Gasteiger partial charge on any atom is 0.255 e. The largest absolute Gasteiger partial charge is 0.322 e. The Morgan fingerprint density at radius 2 is 1.57 bits per heavy atom. The van der Waals surface area contributed by atoms with Crippen LogP contribution >= 0.6 is 11.6 Å². The van der Waals surface area contributed by atoms with Crippen LogP contribution in [-0.4, -0.2) is 31.1 Å². The average molecular weight is 420 g/mol. The maximum absolute atomic E-state index is 12.3. The molecule has 0 saturated heterocycles. The second kappa shape index (κ2) is 8.30. The predicted octanol–water partition coefficient (Wildman–Crippen LogP) is 4.53. The normalized spacial score (nSPS) is 10.6. The minimum atomic E-state index is -0.209. The Labute approximate surface area is 177 Å². The van der Waals surface area contributed by atoms with Crippen molar-refractivity contribution in [1.82, 2.24) is 25.1 Å². The number of hydrogen-bond donors (Lipinski definition) is 3. The summed E-state index contributed by atoms with van der Waals surface area (Å²) >= 11 is 5.86. The average Bonchev–Trinajstić information content (AvgIpc) is 3.16. The van der Waals surface area contributed by atoms with Crippen LogP contribution in [0.5, 0.6) is 0 Å². The van der Waals surface area contributed by atoms with Crippen molar-refractivity contribution in [3.8, 4) is 11.4 Å². The number of nitrogens with one attached hydrogen (secondary N) is 3. The van der Waals surface area contributed by atoms with E-state index in [0.717, 1.165) is 17.0 Å². The third-order valence-corrected chi connectivity index (χ3v) is 4.47. The number of amides is 1. The van der Waals surface area contributed by atoms with Crippen molar-refractivity contribution in [3.63, 3.8) is 0 Å². The number of aromatic nitrogens is 5. The molecule has 0 saturated carbocycles. The number of hydrogen-bond acceptors (Lipinski definition) is 6. The Balaban J connectivity index is 1.44. The fourth-order valence-corrected chi connectivity index (χ4v) is 2.97. The second-order valence-electron chi connectivity index (χ2n) is 6.65. The number of rotatable bonds is 5. The van der Waals surface area contributed by atoms with E-state index in [0.29, 0.717) is 34.0 Å². The van der Waals surface area contributed by atoms with Gasteiger partial charge in [0.05, 0.1) is 0 Å². The topological polar surface area (TPSA) is 108 Å². The zero-order valence-corrected chi connectivity index (χ0v) is 17.0. The van der Waals surface area contributed by atoms with Gasteiger partial charge in [-0.25, -0.2) is 9.97 Å². The molecule has 0 bridgehead atoms. The molecule has 1 amide bonds. The highest BCUT2D eigenvalue weighted by Gasteiger charge is 2.09. The molecule has 4 aromatic rings. The van der Waals surface area contributed by atoms with Crippen LogP contribution in [0, 0.1) is 13.8 Å². The van der Waals surface area contributed by atoms with Crippen LogP contribution in [0.4, 0.5) is 17.6 Å². The molecule has 9 heteroatoms. The van der Waals surface area contributed by atoms with E-state index in [9.17, 15) is 4.79 Å². The van der Waals surface area contributed by atoms with Crippen LogP contribution in [0.1, 0.15) is 21.7 Å². The Morgan fingerprint density at radius 3 is 2.23 bits per heavy atom. The lowest BCUT2D eigenvalue weighted by molar-refractivity contribution is 0.102. The molecule has 30 heavy (non-hydrogen) atoms. The summed E-state index contributed by atoms with van der Waals surface area (Å²) in [5.41, 5.74) is 3.73. The molecule has 0 aliphatic rings. The lowest BCUT2D eigenvalue weighted by atomic mass is 10.1. The van der Waals surface area contributed by atoms with Crippen molar-refractivity contribution in [2.45, 2.75) is 13.8 Å². The number of nitrogens with zero attached hydrogens (tertiary/aromatic N) is 4. The van der Waals surface area contributed by atoms with Gasteiger partial charge in [0, 0.05) is 33.2 Å².